The molecule has 0 aromatic carbocycles. The van der Waals surface area contributed by atoms with Crippen LogP contribution in [0.4, 0.5) is 0 Å². The van der Waals surface area contributed by atoms with E-state index in [2.05, 4.69) is 13.8 Å². The maximum Gasteiger partial charge on any atom is 0.307 e. The van der Waals surface area contributed by atoms with Crippen LogP contribution in [0.5, 0.6) is 0 Å². The number of carboxylic acids is 1. The summed E-state index contributed by atoms with van der Waals surface area (Å²) >= 11 is 0. The van der Waals surface area contributed by atoms with Gasteiger partial charge in [0.1, 0.15) is 0 Å². The van der Waals surface area contributed by atoms with Crippen LogP contribution in [0.1, 0.15) is 46.0 Å². The highest BCUT2D eigenvalue weighted by Gasteiger charge is 2.56. The fourth-order valence-electron chi connectivity index (χ4n) is 2.07. The lowest BCUT2D eigenvalue weighted by Gasteiger charge is -2.12. The molecule has 0 bridgehead atoms. The first-order valence-corrected chi connectivity index (χ1v) is 4.89. The molecular weight excluding hydrogens is 152 g/mol. The van der Waals surface area contributed by atoms with Gasteiger partial charge < -0.3 is 5.11 Å². The van der Waals surface area contributed by atoms with Crippen molar-refractivity contribution in [3.05, 3.63) is 0 Å². The Bertz CT molecular complexity index is 177. The second-order valence-electron chi connectivity index (χ2n) is 3.91. The van der Waals surface area contributed by atoms with E-state index in [9.17, 15) is 4.79 Å². The monoisotopic (exact) mass is 170 g/mol. The first-order chi connectivity index (χ1) is 5.66. The minimum Gasteiger partial charge on any atom is -0.481 e. The van der Waals surface area contributed by atoms with Crippen LogP contribution in [0.2, 0.25) is 0 Å². The van der Waals surface area contributed by atoms with Gasteiger partial charge in [0, 0.05) is 0 Å². The minimum atomic E-state index is -0.590. The molecule has 1 fully saturated rings. The van der Waals surface area contributed by atoms with Gasteiger partial charge >= 0.3 is 5.97 Å². The Balaban J connectivity index is 2.41. The molecule has 0 spiro atoms. The fourth-order valence-corrected chi connectivity index (χ4v) is 2.07. The molecule has 0 aliphatic heterocycles. The molecule has 0 heterocycles. The van der Waals surface area contributed by atoms with Crippen molar-refractivity contribution < 1.29 is 9.90 Å². The highest BCUT2D eigenvalue weighted by Crippen LogP contribution is 2.58. The molecule has 0 radical (unpaired) electrons. The van der Waals surface area contributed by atoms with Gasteiger partial charge in [0.25, 0.3) is 0 Å². The van der Waals surface area contributed by atoms with E-state index < -0.39 is 5.97 Å². The number of carbonyl (C=O) groups is 1. The average Bonchev–Trinajstić information content (AvgIpc) is 2.77. The van der Waals surface area contributed by atoms with Gasteiger partial charge in [-0.1, -0.05) is 26.7 Å². The van der Waals surface area contributed by atoms with Crippen LogP contribution in [0.3, 0.4) is 0 Å². The van der Waals surface area contributed by atoms with Gasteiger partial charge in [-0.05, 0) is 24.7 Å². The molecule has 0 amide bonds. The Hall–Kier alpha value is -0.530. The molecule has 12 heavy (non-hydrogen) atoms. The van der Waals surface area contributed by atoms with E-state index in [-0.39, 0.29) is 11.3 Å². The molecule has 1 N–H and O–H groups in total. The quantitative estimate of drug-likeness (QED) is 0.688. The molecule has 1 aliphatic rings. The summed E-state index contributed by atoms with van der Waals surface area (Å²) in [4.78, 5) is 10.7. The van der Waals surface area contributed by atoms with Crippen molar-refractivity contribution >= 4 is 5.97 Å². The number of hydrogen-bond acceptors (Lipinski definition) is 1. The lowest BCUT2D eigenvalue weighted by Crippen LogP contribution is -2.09. The van der Waals surface area contributed by atoms with Gasteiger partial charge in [0.05, 0.1) is 5.92 Å². The Morgan fingerprint density at radius 1 is 1.58 bits per heavy atom. The van der Waals surface area contributed by atoms with Crippen LogP contribution >= 0.6 is 0 Å². The van der Waals surface area contributed by atoms with Gasteiger partial charge in [0.2, 0.25) is 0 Å². The van der Waals surface area contributed by atoms with Crippen LogP contribution in [0, 0.1) is 11.3 Å². The van der Waals surface area contributed by atoms with Crippen molar-refractivity contribution in [1.82, 2.24) is 0 Å². The highest BCUT2D eigenvalue weighted by molar-refractivity contribution is 5.74. The van der Waals surface area contributed by atoms with E-state index in [4.69, 9.17) is 5.11 Å². The first-order valence-electron chi connectivity index (χ1n) is 4.89. The third-order valence-corrected chi connectivity index (χ3v) is 3.22. The number of unbranched alkanes of at least 4 members (excludes halogenated alkanes) is 1. The van der Waals surface area contributed by atoms with Gasteiger partial charge in [-0.15, -0.1) is 0 Å². The summed E-state index contributed by atoms with van der Waals surface area (Å²) in [6.45, 7) is 4.26. The van der Waals surface area contributed by atoms with Crippen molar-refractivity contribution in [3.63, 3.8) is 0 Å². The van der Waals surface area contributed by atoms with Gasteiger partial charge in [-0.25, -0.2) is 0 Å². The summed E-state index contributed by atoms with van der Waals surface area (Å²) in [5.41, 5.74) is 0.182. The van der Waals surface area contributed by atoms with Gasteiger partial charge in [-0.2, -0.15) is 0 Å². The third-order valence-electron chi connectivity index (χ3n) is 3.22. The SMILES string of the molecule is CCCCC1(CC)CC1C(=O)O. The highest BCUT2D eigenvalue weighted by atomic mass is 16.4. The van der Waals surface area contributed by atoms with Crippen molar-refractivity contribution in [2.24, 2.45) is 11.3 Å². The fraction of sp³-hybridized carbons (Fsp3) is 0.900. The lowest BCUT2D eigenvalue weighted by atomic mass is 9.93. The lowest BCUT2D eigenvalue weighted by molar-refractivity contribution is -0.139. The summed E-state index contributed by atoms with van der Waals surface area (Å²) in [7, 11) is 0. The van der Waals surface area contributed by atoms with Crippen LogP contribution in [-0.4, -0.2) is 11.1 Å². The molecular formula is C10H18O2. The van der Waals surface area contributed by atoms with E-state index in [1.807, 2.05) is 0 Å². The zero-order valence-corrected chi connectivity index (χ0v) is 7.97. The summed E-state index contributed by atoms with van der Waals surface area (Å²) in [5, 5.41) is 8.82. The molecule has 1 saturated carbocycles. The Labute approximate surface area is 74.0 Å². The van der Waals surface area contributed by atoms with E-state index in [0.29, 0.717) is 0 Å². The van der Waals surface area contributed by atoms with Crippen LogP contribution in [0.15, 0.2) is 0 Å². The summed E-state index contributed by atoms with van der Waals surface area (Å²) in [6.07, 6.45) is 5.41. The zero-order valence-electron chi connectivity index (χ0n) is 7.97. The molecule has 0 saturated heterocycles. The number of rotatable bonds is 5. The second-order valence-corrected chi connectivity index (χ2v) is 3.91. The van der Waals surface area contributed by atoms with E-state index in [1.165, 1.54) is 12.8 Å². The summed E-state index contributed by atoms with van der Waals surface area (Å²) in [6, 6.07) is 0. The Morgan fingerprint density at radius 2 is 2.25 bits per heavy atom. The van der Waals surface area contributed by atoms with Crippen molar-refractivity contribution in [3.8, 4) is 0 Å². The van der Waals surface area contributed by atoms with Crippen LogP contribution in [-0.2, 0) is 4.79 Å². The number of hydrogen-bond donors (Lipinski definition) is 1. The largest absolute Gasteiger partial charge is 0.481 e. The van der Waals surface area contributed by atoms with Gasteiger partial charge in [-0.3, -0.25) is 4.79 Å². The molecule has 70 valence electrons. The molecule has 0 aromatic rings. The van der Waals surface area contributed by atoms with E-state index in [1.54, 1.807) is 0 Å². The average molecular weight is 170 g/mol. The zero-order chi connectivity index (χ0) is 9.19. The summed E-state index contributed by atoms with van der Waals surface area (Å²) in [5.74, 6) is -0.623. The van der Waals surface area contributed by atoms with Crippen molar-refractivity contribution in [2.75, 3.05) is 0 Å². The standard InChI is InChI=1S/C10H18O2/c1-3-5-6-10(4-2)7-8(10)9(11)12/h8H,3-7H2,1-2H3,(H,11,12). The normalized spacial score (nSPS) is 33.3. The molecule has 0 aromatic heterocycles. The second kappa shape index (κ2) is 3.46. The Morgan fingerprint density at radius 3 is 2.58 bits per heavy atom. The smallest absolute Gasteiger partial charge is 0.307 e. The topological polar surface area (TPSA) is 37.3 Å². The van der Waals surface area contributed by atoms with E-state index in [0.717, 1.165) is 19.3 Å². The van der Waals surface area contributed by atoms with Gasteiger partial charge in [0.15, 0.2) is 0 Å². The van der Waals surface area contributed by atoms with Crippen molar-refractivity contribution in [2.45, 2.75) is 46.0 Å². The predicted molar refractivity (Wildman–Crippen MR) is 48.0 cm³/mol. The maximum atomic E-state index is 10.7. The molecule has 2 unspecified atom stereocenters. The molecule has 2 atom stereocenters. The van der Waals surface area contributed by atoms with Crippen molar-refractivity contribution in [1.29, 1.82) is 0 Å². The molecule has 2 nitrogen and oxygen atoms in total. The first kappa shape index (κ1) is 9.56. The summed E-state index contributed by atoms with van der Waals surface area (Å²) < 4.78 is 0. The predicted octanol–water partition coefficient (Wildman–Crippen LogP) is 2.68. The third kappa shape index (κ3) is 1.62. The maximum absolute atomic E-state index is 10.7. The molecule has 2 heteroatoms. The molecule has 1 aliphatic carbocycles. The minimum absolute atomic E-state index is 0.0333. The van der Waals surface area contributed by atoms with E-state index >= 15 is 0 Å². The number of aliphatic carboxylic acids is 1. The number of carboxylic acid groups (broad SMARTS) is 1. The molecule has 1 rings (SSSR count). The van der Waals surface area contributed by atoms with Crippen LogP contribution in [0.25, 0.3) is 0 Å². The van der Waals surface area contributed by atoms with Crippen LogP contribution < -0.4 is 0 Å². The Kier molecular flexibility index (Phi) is 2.76.